The summed E-state index contributed by atoms with van der Waals surface area (Å²) in [7, 11) is 0. The number of carboxylic acids is 1. The van der Waals surface area contributed by atoms with Crippen molar-refractivity contribution < 1.29 is 9.90 Å². The fraction of sp³-hybridized carbons (Fsp3) is 0. The van der Waals surface area contributed by atoms with E-state index in [1.54, 1.807) is 0 Å². The number of nitrogens with zero attached hydrogens (tertiary/aromatic N) is 1. The number of rotatable bonds is 2. The van der Waals surface area contributed by atoms with Gasteiger partial charge in [0.1, 0.15) is 5.82 Å². The number of nitrogen functional groups attached to an aromatic ring is 1. The van der Waals surface area contributed by atoms with E-state index in [9.17, 15) is 4.79 Å². The number of hydrogen-bond donors (Lipinski definition) is 2. The fourth-order valence-corrected chi connectivity index (χ4v) is 2.34. The standard InChI is InChI=1S/C12H7Cl3N2O2/c13-6-2-3-7(14)10(15)9(6)5-1-4-8(16)17-11(5)12(18)19/h1-4H,(H2,16,17)(H,18,19). The first-order valence-corrected chi connectivity index (χ1v) is 6.19. The Kier molecular flexibility index (Phi) is 3.85. The topological polar surface area (TPSA) is 76.2 Å². The summed E-state index contributed by atoms with van der Waals surface area (Å²) in [4.78, 5) is 15.0. The molecule has 0 bridgehead atoms. The van der Waals surface area contributed by atoms with E-state index < -0.39 is 5.97 Å². The predicted molar refractivity (Wildman–Crippen MR) is 76.1 cm³/mol. The van der Waals surface area contributed by atoms with Crippen LogP contribution in [0.15, 0.2) is 24.3 Å². The number of aromatic nitrogens is 1. The maximum atomic E-state index is 11.2. The van der Waals surface area contributed by atoms with Crippen molar-refractivity contribution in [3.8, 4) is 11.1 Å². The molecule has 2 rings (SSSR count). The van der Waals surface area contributed by atoms with Gasteiger partial charge in [-0.05, 0) is 24.3 Å². The molecule has 4 nitrogen and oxygen atoms in total. The molecular weight excluding hydrogens is 311 g/mol. The van der Waals surface area contributed by atoms with Gasteiger partial charge in [-0.1, -0.05) is 34.8 Å². The van der Waals surface area contributed by atoms with Crippen molar-refractivity contribution in [3.05, 3.63) is 45.0 Å². The maximum absolute atomic E-state index is 11.2. The Morgan fingerprint density at radius 2 is 1.74 bits per heavy atom. The molecule has 0 unspecified atom stereocenters. The second-order valence-corrected chi connectivity index (χ2v) is 4.85. The van der Waals surface area contributed by atoms with Crippen LogP contribution in [0.3, 0.4) is 0 Å². The number of anilines is 1. The average molecular weight is 318 g/mol. The number of carboxylic acid groups (broad SMARTS) is 1. The molecule has 1 heterocycles. The van der Waals surface area contributed by atoms with E-state index in [1.165, 1.54) is 24.3 Å². The molecule has 0 saturated carbocycles. The van der Waals surface area contributed by atoms with Gasteiger partial charge in [-0.3, -0.25) is 0 Å². The third-order valence-electron chi connectivity index (χ3n) is 2.43. The van der Waals surface area contributed by atoms with Crippen LogP contribution in [0.2, 0.25) is 15.1 Å². The van der Waals surface area contributed by atoms with Gasteiger partial charge in [0.25, 0.3) is 0 Å². The lowest BCUT2D eigenvalue weighted by Gasteiger charge is -2.11. The van der Waals surface area contributed by atoms with Crippen molar-refractivity contribution in [2.24, 2.45) is 0 Å². The van der Waals surface area contributed by atoms with Crippen LogP contribution in [0.1, 0.15) is 10.5 Å². The van der Waals surface area contributed by atoms with E-state index >= 15 is 0 Å². The largest absolute Gasteiger partial charge is 0.476 e. The van der Waals surface area contributed by atoms with Gasteiger partial charge >= 0.3 is 5.97 Å². The highest BCUT2D eigenvalue weighted by molar-refractivity contribution is 6.46. The van der Waals surface area contributed by atoms with Crippen molar-refractivity contribution in [3.63, 3.8) is 0 Å². The molecule has 0 radical (unpaired) electrons. The van der Waals surface area contributed by atoms with Gasteiger partial charge in [-0.15, -0.1) is 0 Å². The zero-order chi connectivity index (χ0) is 14.2. The minimum atomic E-state index is -1.23. The van der Waals surface area contributed by atoms with Crippen molar-refractivity contribution in [2.45, 2.75) is 0 Å². The fourth-order valence-electron chi connectivity index (χ4n) is 1.61. The summed E-state index contributed by atoms with van der Waals surface area (Å²) < 4.78 is 0. The van der Waals surface area contributed by atoms with Crippen LogP contribution >= 0.6 is 34.8 Å². The monoisotopic (exact) mass is 316 g/mol. The molecule has 0 aliphatic heterocycles. The Balaban J connectivity index is 2.79. The molecule has 0 atom stereocenters. The summed E-state index contributed by atoms with van der Waals surface area (Å²) in [6, 6.07) is 6.03. The molecule has 0 amide bonds. The van der Waals surface area contributed by atoms with Crippen LogP contribution in [0, 0.1) is 0 Å². The first-order chi connectivity index (χ1) is 8.91. The van der Waals surface area contributed by atoms with E-state index in [4.69, 9.17) is 45.6 Å². The molecule has 0 spiro atoms. The van der Waals surface area contributed by atoms with Gasteiger partial charge < -0.3 is 10.8 Å². The highest BCUT2D eigenvalue weighted by Gasteiger charge is 2.20. The molecule has 0 aliphatic carbocycles. The number of benzene rings is 1. The average Bonchev–Trinajstić information content (AvgIpc) is 2.36. The number of pyridine rings is 1. The number of carbonyl (C=O) groups is 1. The zero-order valence-corrected chi connectivity index (χ0v) is 11.6. The summed E-state index contributed by atoms with van der Waals surface area (Å²) in [5, 5.41) is 9.89. The van der Waals surface area contributed by atoms with E-state index in [1.807, 2.05) is 0 Å². The van der Waals surface area contributed by atoms with Crippen LogP contribution < -0.4 is 5.73 Å². The second-order valence-electron chi connectivity index (χ2n) is 3.66. The lowest BCUT2D eigenvalue weighted by Crippen LogP contribution is -2.06. The van der Waals surface area contributed by atoms with Crippen LogP contribution in [-0.2, 0) is 0 Å². The summed E-state index contributed by atoms with van der Waals surface area (Å²) >= 11 is 18.1. The van der Waals surface area contributed by atoms with Crippen molar-refractivity contribution in [2.75, 3.05) is 5.73 Å². The molecular formula is C12H7Cl3N2O2. The molecule has 0 saturated heterocycles. The van der Waals surface area contributed by atoms with Gasteiger partial charge in [-0.25, -0.2) is 9.78 Å². The number of halogens is 3. The molecule has 3 N–H and O–H groups in total. The molecule has 2 aromatic rings. The number of nitrogens with two attached hydrogens (primary N) is 1. The smallest absolute Gasteiger partial charge is 0.355 e. The van der Waals surface area contributed by atoms with Gasteiger partial charge in [0.2, 0.25) is 0 Å². The molecule has 0 aliphatic rings. The first-order valence-electron chi connectivity index (χ1n) is 5.05. The van der Waals surface area contributed by atoms with Gasteiger partial charge in [0.15, 0.2) is 5.69 Å². The molecule has 1 aromatic carbocycles. The zero-order valence-electron chi connectivity index (χ0n) is 9.32. The third kappa shape index (κ3) is 2.61. The Hall–Kier alpha value is -1.49. The molecule has 19 heavy (non-hydrogen) atoms. The quantitative estimate of drug-likeness (QED) is 0.821. The number of hydrogen-bond acceptors (Lipinski definition) is 3. The van der Waals surface area contributed by atoms with Crippen molar-refractivity contribution >= 4 is 46.6 Å². The molecule has 1 aromatic heterocycles. The SMILES string of the molecule is Nc1ccc(-c2c(Cl)ccc(Cl)c2Cl)c(C(=O)O)n1. The third-order valence-corrected chi connectivity index (χ3v) is 3.55. The van der Waals surface area contributed by atoms with Crippen molar-refractivity contribution in [1.82, 2.24) is 4.98 Å². The summed E-state index contributed by atoms with van der Waals surface area (Å²) in [6.45, 7) is 0. The molecule has 98 valence electrons. The minimum Gasteiger partial charge on any atom is -0.476 e. The minimum absolute atomic E-state index is 0.0930. The van der Waals surface area contributed by atoms with Crippen molar-refractivity contribution in [1.29, 1.82) is 0 Å². The van der Waals surface area contributed by atoms with Crippen LogP contribution in [-0.4, -0.2) is 16.1 Å². The predicted octanol–water partition coefficient (Wildman–Crippen LogP) is 3.99. The highest BCUT2D eigenvalue weighted by Crippen LogP contribution is 2.40. The van der Waals surface area contributed by atoms with E-state index in [0.717, 1.165) is 0 Å². The summed E-state index contributed by atoms with van der Waals surface area (Å²) in [5.74, 6) is -1.13. The second kappa shape index (κ2) is 5.25. The van der Waals surface area contributed by atoms with Gasteiger partial charge in [0, 0.05) is 11.1 Å². The summed E-state index contributed by atoms with van der Waals surface area (Å²) in [5.41, 5.74) is 5.84. The normalized spacial score (nSPS) is 10.5. The Morgan fingerprint density at radius 1 is 1.11 bits per heavy atom. The Morgan fingerprint density at radius 3 is 2.37 bits per heavy atom. The lowest BCUT2D eigenvalue weighted by molar-refractivity contribution is 0.0691. The van der Waals surface area contributed by atoms with Gasteiger partial charge in [-0.2, -0.15) is 0 Å². The van der Waals surface area contributed by atoms with E-state index in [0.29, 0.717) is 5.56 Å². The highest BCUT2D eigenvalue weighted by atomic mass is 35.5. The molecule has 0 fully saturated rings. The Bertz CT molecular complexity index is 674. The number of aromatic carboxylic acids is 1. The van der Waals surface area contributed by atoms with E-state index in [-0.39, 0.29) is 32.1 Å². The molecule has 7 heteroatoms. The maximum Gasteiger partial charge on any atom is 0.355 e. The summed E-state index contributed by atoms with van der Waals surface area (Å²) in [6.07, 6.45) is 0. The van der Waals surface area contributed by atoms with E-state index in [2.05, 4.69) is 4.98 Å². The van der Waals surface area contributed by atoms with Gasteiger partial charge in [0.05, 0.1) is 15.1 Å². The lowest BCUT2D eigenvalue weighted by atomic mass is 10.0. The first kappa shape index (κ1) is 13.9. The van der Waals surface area contributed by atoms with Crippen LogP contribution in [0.5, 0.6) is 0 Å². The Labute approximate surface area is 123 Å². The van der Waals surface area contributed by atoms with Crippen LogP contribution in [0.25, 0.3) is 11.1 Å². The van der Waals surface area contributed by atoms with Crippen LogP contribution in [0.4, 0.5) is 5.82 Å².